The van der Waals surface area contributed by atoms with Gasteiger partial charge in [-0.25, -0.2) is 0 Å². The second-order valence-electron chi connectivity index (χ2n) is 6.06. The molecule has 0 spiro atoms. The lowest BCUT2D eigenvalue weighted by Crippen LogP contribution is -2.41. The van der Waals surface area contributed by atoms with Crippen LogP contribution in [0.2, 0.25) is 0 Å². The van der Waals surface area contributed by atoms with Crippen molar-refractivity contribution < 1.29 is 14.6 Å². The number of benzene rings is 2. The minimum atomic E-state index is -0.703. The summed E-state index contributed by atoms with van der Waals surface area (Å²) in [6.07, 6.45) is -0.703. The maximum Gasteiger partial charge on any atom is 0.173 e. The Labute approximate surface area is 153 Å². The van der Waals surface area contributed by atoms with E-state index in [2.05, 4.69) is 5.32 Å². The molecule has 2 aromatic carbocycles. The second-order valence-corrected chi connectivity index (χ2v) is 6.44. The highest BCUT2D eigenvalue weighted by molar-refractivity contribution is 7.80. The molecule has 0 saturated heterocycles. The summed E-state index contributed by atoms with van der Waals surface area (Å²) in [7, 11) is 3.22. The van der Waals surface area contributed by atoms with Crippen LogP contribution in [0.15, 0.2) is 36.4 Å². The molecular formula is C19H22N2O3S. The van der Waals surface area contributed by atoms with Crippen LogP contribution in [-0.4, -0.2) is 35.9 Å². The summed E-state index contributed by atoms with van der Waals surface area (Å²) < 4.78 is 10.9. The first-order valence-corrected chi connectivity index (χ1v) is 8.48. The molecule has 1 atom stereocenters. The molecule has 0 amide bonds. The smallest absolute Gasteiger partial charge is 0.173 e. The van der Waals surface area contributed by atoms with Gasteiger partial charge in [0, 0.05) is 23.4 Å². The molecule has 3 rings (SSSR count). The number of aryl methyl sites for hydroxylation is 1. The van der Waals surface area contributed by atoms with Gasteiger partial charge in [0.15, 0.2) is 5.11 Å². The van der Waals surface area contributed by atoms with Gasteiger partial charge in [0.1, 0.15) is 17.6 Å². The van der Waals surface area contributed by atoms with E-state index in [1.165, 1.54) is 0 Å². The first kappa shape index (κ1) is 17.5. The van der Waals surface area contributed by atoms with Crippen LogP contribution in [0.4, 0.5) is 5.69 Å². The Morgan fingerprint density at radius 1 is 1.20 bits per heavy atom. The van der Waals surface area contributed by atoms with Gasteiger partial charge in [-0.05, 0) is 49.0 Å². The molecule has 0 fully saturated rings. The number of anilines is 1. The number of ether oxygens (including phenoxy) is 2. The third-order valence-corrected chi connectivity index (χ3v) is 4.71. The van der Waals surface area contributed by atoms with Gasteiger partial charge in [0.05, 0.1) is 20.8 Å². The summed E-state index contributed by atoms with van der Waals surface area (Å²) in [6, 6.07) is 11.7. The van der Waals surface area contributed by atoms with Crippen LogP contribution >= 0.6 is 12.2 Å². The summed E-state index contributed by atoms with van der Waals surface area (Å²) in [5.74, 6) is 1.39. The maximum atomic E-state index is 10.7. The van der Waals surface area contributed by atoms with Gasteiger partial charge in [-0.1, -0.05) is 12.1 Å². The highest BCUT2D eigenvalue weighted by atomic mass is 32.1. The van der Waals surface area contributed by atoms with Crippen molar-refractivity contribution in [1.82, 2.24) is 4.90 Å². The Kier molecular flexibility index (Phi) is 5.11. The number of rotatable bonds is 3. The summed E-state index contributed by atoms with van der Waals surface area (Å²) in [4.78, 5) is 1.94. The molecule has 25 heavy (non-hydrogen) atoms. The number of aliphatic hydroxyl groups is 1. The molecule has 2 N–H and O–H groups in total. The standard InChI is InChI=1S/C19H22N2O3S/c1-12-5-4-6-13(9-12)20-19(25)21-10-14-16(23-2)7-8-17(24-3)18(14)15(22)11-21/h4-9,15,22H,10-11H2,1-3H3,(H,20,25)/t15-/m0/s1. The summed E-state index contributed by atoms with van der Waals surface area (Å²) in [6.45, 7) is 2.98. The fourth-order valence-corrected chi connectivity index (χ4v) is 3.41. The van der Waals surface area contributed by atoms with Gasteiger partial charge < -0.3 is 24.8 Å². The molecule has 132 valence electrons. The number of β-amino-alcohol motifs (C(OH)–C–C–N with tert-alkyl or cyclic N) is 1. The molecule has 0 bridgehead atoms. The SMILES string of the molecule is COc1ccc(OC)c2c1CN(C(=S)Nc1cccc(C)c1)C[C@@H]2O. The Balaban J connectivity index is 1.86. The van der Waals surface area contributed by atoms with Crippen molar-refractivity contribution in [2.24, 2.45) is 0 Å². The van der Waals surface area contributed by atoms with Crippen molar-refractivity contribution in [3.8, 4) is 11.5 Å². The third kappa shape index (κ3) is 3.55. The molecule has 1 heterocycles. The van der Waals surface area contributed by atoms with Crippen molar-refractivity contribution in [2.75, 3.05) is 26.1 Å². The number of fused-ring (bicyclic) bond motifs is 1. The van der Waals surface area contributed by atoms with E-state index in [1.807, 2.05) is 48.2 Å². The molecule has 0 aromatic heterocycles. The van der Waals surface area contributed by atoms with E-state index in [0.29, 0.717) is 24.0 Å². The van der Waals surface area contributed by atoms with Crippen LogP contribution in [-0.2, 0) is 6.54 Å². The zero-order valence-corrected chi connectivity index (χ0v) is 15.4. The van der Waals surface area contributed by atoms with Gasteiger partial charge in [-0.3, -0.25) is 0 Å². The normalized spacial score (nSPS) is 16.2. The summed E-state index contributed by atoms with van der Waals surface area (Å²) in [5, 5.41) is 14.5. The van der Waals surface area contributed by atoms with E-state index < -0.39 is 6.10 Å². The average Bonchev–Trinajstić information content (AvgIpc) is 2.60. The lowest BCUT2D eigenvalue weighted by Gasteiger charge is -2.35. The highest BCUT2D eigenvalue weighted by Crippen LogP contribution is 2.39. The van der Waals surface area contributed by atoms with Crippen LogP contribution in [0.25, 0.3) is 0 Å². The predicted octanol–water partition coefficient (Wildman–Crippen LogP) is 3.26. The van der Waals surface area contributed by atoms with Gasteiger partial charge >= 0.3 is 0 Å². The highest BCUT2D eigenvalue weighted by Gasteiger charge is 2.30. The first-order valence-electron chi connectivity index (χ1n) is 8.08. The largest absolute Gasteiger partial charge is 0.496 e. The van der Waals surface area contributed by atoms with Crippen molar-refractivity contribution in [3.63, 3.8) is 0 Å². The molecule has 6 heteroatoms. The fourth-order valence-electron chi connectivity index (χ4n) is 3.16. The van der Waals surface area contributed by atoms with Crippen molar-refractivity contribution in [3.05, 3.63) is 53.1 Å². The Morgan fingerprint density at radius 3 is 2.60 bits per heavy atom. The lowest BCUT2D eigenvalue weighted by atomic mass is 9.95. The molecule has 0 aliphatic carbocycles. The van der Waals surface area contributed by atoms with Crippen LogP contribution in [0.1, 0.15) is 22.8 Å². The Hall–Kier alpha value is -2.31. The Morgan fingerprint density at radius 2 is 1.92 bits per heavy atom. The number of nitrogens with one attached hydrogen (secondary N) is 1. The first-order chi connectivity index (χ1) is 12.0. The molecule has 5 nitrogen and oxygen atoms in total. The summed E-state index contributed by atoms with van der Waals surface area (Å²) in [5.41, 5.74) is 3.76. The Bertz CT molecular complexity index is 794. The van der Waals surface area contributed by atoms with E-state index in [1.54, 1.807) is 14.2 Å². The molecule has 1 aliphatic heterocycles. The van der Waals surface area contributed by atoms with Crippen molar-refractivity contribution in [2.45, 2.75) is 19.6 Å². The molecule has 0 saturated carbocycles. The molecule has 1 aliphatic rings. The number of hydrogen-bond acceptors (Lipinski definition) is 4. The molecule has 0 unspecified atom stereocenters. The predicted molar refractivity (Wildman–Crippen MR) is 102 cm³/mol. The molecular weight excluding hydrogens is 336 g/mol. The van der Waals surface area contributed by atoms with Crippen molar-refractivity contribution >= 4 is 23.0 Å². The number of methoxy groups -OCH3 is 2. The quantitative estimate of drug-likeness (QED) is 0.822. The van der Waals surface area contributed by atoms with Gasteiger partial charge in [0.25, 0.3) is 0 Å². The zero-order valence-electron chi connectivity index (χ0n) is 14.6. The number of thiocarbonyl (C=S) groups is 1. The number of aliphatic hydroxyl groups excluding tert-OH is 1. The number of nitrogens with zero attached hydrogens (tertiary/aromatic N) is 1. The van der Waals surface area contributed by atoms with Gasteiger partial charge in [-0.15, -0.1) is 0 Å². The minimum absolute atomic E-state index is 0.397. The molecule has 2 aromatic rings. The van der Waals surface area contributed by atoms with E-state index in [0.717, 1.165) is 28.1 Å². The summed E-state index contributed by atoms with van der Waals surface area (Å²) >= 11 is 5.55. The topological polar surface area (TPSA) is 54.0 Å². The van der Waals surface area contributed by atoms with E-state index in [9.17, 15) is 5.11 Å². The zero-order chi connectivity index (χ0) is 18.0. The minimum Gasteiger partial charge on any atom is -0.496 e. The molecule has 0 radical (unpaired) electrons. The second kappa shape index (κ2) is 7.29. The van der Waals surface area contributed by atoms with Crippen LogP contribution in [0.3, 0.4) is 0 Å². The maximum absolute atomic E-state index is 10.7. The lowest BCUT2D eigenvalue weighted by molar-refractivity contribution is 0.123. The monoisotopic (exact) mass is 358 g/mol. The van der Waals surface area contributed by atoms with Crippen LogP contribution in [0, 0.1) is 6.92 Å². The van der Waals surface area contributed by atoms with Gasteiger partial charge in [-0.2, -0.15) is 0 Å². The van der Waals surface area contributed by atoms with Crippen LogP contribution < -0.4 is 14.8 Å². The fraction of sp³-hybridized carbons (Fsp3) is 0.316. The average molecular weight is 358 g/mol. The number of hydrogen-bond donors (Lipinski definition) is 2. The van der Waals surface area contributed by atoms with Gasteiger partial charge in [0.2, 0.25) is 0 Å². The van der Waals surface area contributed by atoms with Crippen LogP contribution in [0.5, 0.6) is 11.5 Å². The third-order valence-electron chi connectivity index (χ3n) is 4.35. The van der Waals surface area contributed by atoms with E-state index in [4.69, 9.17) is 21.7 Å². The van der Waals surface area contributed by atoms with E-state index in [-0.39, 0.29) is 0 Å². The van der Waals surface area contributed by atoms with Crippen molar-refractivity contribution in [1.29, 1.82) is 0 Å². The van der Waals surface area contributed by atoms with E-state index >= 15 is 0 Å².